The van der Waals surface area contributed by atoms with Crippen molar-refractivity contribution in [3.8, 4) is 17.2 Å². The fraction of sp³-hybridized carbons (Fsp3) is 0.250. The molecule has 2 aliphatic heterocycles. The molecular weight excluding hydrogens is 414 g/mol. The Morgan fingerprint density at radius 1 is 1.06 bits per heavy atom. The molecule has 0 spiro atoms. The molecule has 1 unspecified atom stereocenters. The van der Waals surface area contributed by atoms with E-state index in [0.29, 0.717) is 17.9 Å². The van der Waals surface area contributed by atoms with Crippen molar-refractivity contribution in [1.29, 1.82) is 0 Å². The minimum atomic E-state index is 0.00310. The zero-order valence-corrected chi connectivity index (χ0v) is 19.0. The summed E-state index contributed by atoms with van der Waals surface area (Å²) in [6.45, 7) is 1.16. The molecule has 0 amide bonds. The number of Topliss-reactive ketones (excluding diaryl/α,β-unsaturated/α-hetero) is 1. The summed E-state index contributed by atoms with van der Waals surface area (Å²) in [5.74, 6) is 2.22. The Kier molecular flexibility index (Phi) is 5.88. The molecule has 5 heteroatoms. The Bertz CT molecular complexity index is 1180. The van der Waals surface area contributed by atoms with Crippen LogP contribution < -0.4 is 19.1 Å². The predicted octanol–water partition coefficient (Wildman–Crippen LogP) is 3.98. The molecule has 33 heavy (non-hydrogen) atoms. The average molecular weight is 443 g/mol. The van der Waals surface area contributed by atoms with E-state index in [9.17, 15) is 4.79 Å². The summed E-state index contributed by atoms with van der Waals surface area (Å²) in [6, 6.07) is 20.1. The molecule has 0 aliphatic carbocycles. The molecule has 3 aromatic rings. The van der Waals surface area contributed by atoms with Crippen LogP contribution in [0.3, 0.4) is 0 Å². The van der Waals surface area contributed by atoms with Crippen molar-refractivity contribution in [2.75, 3.05) is 27.5 Å². The van der Waals surface area contributed by atoms with E-state index in [4.69, 9.17) is 14.2 Å². The van der Waals surface area contributed by atoms with Gasteiger partial charge in [-0.15, -0.1) is 0 Å². The van der Waals surface area contributed by atoms with Gasteiger partial charge in [-0.25, -0.2) is 0 Å². The molecule has 1 N–H and O–H groups in total. The van der Waals surface area contributed by atoms with Crippen LogP contribution in [0.4, 0.5) is 0 Å². The maximum absolute atomic E-state index is 13.3. The van der Waals surface area contributed by atoms with Gasteiger partial charge >= 0.3 is 0 Å². The van der Waals surface area contributed by atoms with Crippen molar-refractivity contribution in [3.63, 3.8) is 0 Å². The van der Waals surface area contributed by atoms with E-state index in [0.717, 1.165) is 41.0 Å². The van der Waals surface area contributed by atoms with Crippen LogP contribution in [0.15, 0.2) is 60.7 Å². The largest absolute Gasteiger partial charge is 0.492 e. The molecule has 0 aromatic heterocycles. The van der Waals surface area contributed by atoms with E-state index < -0.39 is 0 Å². The van der Waals surface area contributed by atoms with Crippen LogP contribution in [-0.4, -0.2) is 33.3 Å². The van der Waals surface area contributed by atoms with Crippen molar-refractivity contribution in [3.05, 3.63) is 88.5 Å². The fourth-order valence-electron chi connectivity index (χ4n) is 4.74. The Hall–Kier alpha value is -3.57. The Morgan fingerprint density at radius 2 is 1.79 bits per heavy atom. The molecule has 0 bridgehead atoms. The van der Waals surface area contributed by atoms with E-state index in [-0.39, 0.29) is 18.6 Å². The predicted molar refractivity (Wildman–Crippen MR) is 128 cm³/mol. The van der Waals surface area contributed by atoms with Gasteiger partial charge in [-0.1, -0.05) is 66.7 Å². The molecule has 2 aliphatic rings. The number of hydrogen-bond donors (Lipinski definition) is 1. The molecular formula is C28H28NO4+. The van der Waals surface area contributed by atoms with E-state index in [2.05, 4.69) is 37.4 Å². The first kappa shape index (κ1) is 21.3. The number of ether oxygens (including phenoxy) is 3. The number of benzene rings is 3. The molecule has 5 nitrogen and oxygen atoms in total. The Morgan fingerprint density at radius 3 is 2.52 bits per heavy atom. The SMILES string of the molecule is COc1c2c(cc3c1[C@H](CC(=O)c1ccc(/C=C/c4ccccc4)cc1)[NH+](C)CC3)OCO2. The topological polar surface area (TPSA) is 49.2 Å². The summed E-state index contributed by atoms with van der Waals surface area (Å²) >= 11 is 0. The maximum atomic E-state index is 13.3. The monoisotopic (exact) mass is 442 g/mol. The second-order valence-corrected chi connectivity index (χ2v) is 8.61. The molecule has 168 valence electrons. The number of carbonyl (C=O) groups is 1. The van der Waals surface area contributed by atoms with Crippen LogP contribution in [0.25, 0.3) is 12.2 Å². The number of nitrogens with one attached hydrogen (secondary N) is 1. The van der Waals surface area contributed by atoms with Gasteiger partial charge < -0.3 is 19.1 Å². The highest BCUT2D eigenvalue weighted by molar-refractivity contribution is 5.96. The number of ketones is 1. The first-order valence-electron chi connectivity index (χ1n) is 11.3. The third-order valence-electron chi connectivity index (χ3n) is 6.57. The minimum Gasteiger partial charge on any atom is -0.492 e. The van der Waals surface area contributed by atoms with E-state index >= 15 is 0 Å². The van der Waals surface area contributed by atoms with E-state index in [1.54, 1.807) is 7.11 Å². The van der Waals surface area contributed by atoms with E-state index in [1.807, 2.05) is 42.5 Å². The van der Waals surface area contributed by atoms with Crippen LogP contribution in [0.5, 0.6) is 17.2 Å². The van der Waals surface area contributed by atoms with Crippen molar-refractivity contribution in [1.82, 2.24) is 0 Å². The maximum Gasteiger partial charge on any atom is 0.231 e. The molecule has 0 fully saturated rings. The van der Waals surface area contributed by atoms with Crippen LogP contribution in [0.2, 0.25) is 0 Å². The number of methoxy groups -OCH3 is 1. The molecule has 0 saturated heterocycles. The van der Waals surface area contributed by atoms with E-state index in [1.165, 1.54) is 10.5 Å². The third-order valence-corrected chi connectivity index (χ3v) is 6.57. The number of fused-ring (bicyclic) bond motifs is 2. The van der Waals surface area contributed by atoms with Crippen LogP contribution in [0.1, 0.15) is 45.1 Å². The standard InChI is InChI=1S/C28H27NO4/c1-29-15-14-22-16-25-27(33-18-32-25)28(31-2)26(22)23(29)17-24(30)21-12-10-20(11-13-21)9-8-19-6-4-3-5-7-19/h3-13,16,23H,14-15,17-18H2,1-2H3/p+1/b9-8+/t23-/m0/s1. The highest BCUT2D eigenvalue weighted by atomic mass is 16.7. The molecule has 2 heterocycles. The normalized spacial score (nSPS) is 18.8. The number of rotatable bonds is 6. The lowest BCUT2D eigenvalue weighted by atomic mass is 9.87. The average Bonchev–Trinajstić information content (AvgIpc) is 3.32. The number of quaternary nitrogens is 1. The molecule has 0 saturated carbocycles. The first-order chi connectivity index (χ1) is 16.1. The summed E-state index contributed by atoms with van der Waals surface area (Å²) in [5, 5.41) is 0. The Labute approximate surface area is 194 Å². The summed E-state index contributed by atoms with van der Waals surface area (Å²) in [6.07, 6.45) is 5.46. The smallest absolute Gasteiger partial charge is 0.231 e. The van der Waals surface area contributed by atoms with Crippen molar-refractivity contribution < 1.29 is 23.9 Å². The molecule has 3 aromatic carbocycles. The fourth-order valence-corrected chi connectivity index (χ4v) is 4.74. The lowest BCUT2D eigenvalue weighted by Gasteiger charge is -2.32. The van der Waals surface area contributed by atoms with Crippen molar-refractivity contribution in [2.24, 2.45) is 0 Å². The summed E-state index contributed by atoms with van der Waals surface area (Å²) in [5.41, 5.74) is 5.19. The lowest BCUT2D eigenvalue weighted by Crippen LogP contribution is -3.10. The molecule has 2 atom stereocenters. The highest BCUT2D eigenvalue weighted by Gasteiger charge is 2.37. The molecule has 0 radical (unpaired) electrons. The van der Waals surface area contributed by atoms with Gasteiger partial charge in [0.2, 0.25) is 12.5 Å². The van der Waals surface area contributed by atoms with Gasteiger partial charge in [0.25, 0.3) is 0 Å². The number of hydrogen-bond acceptors (Lipinski definition) is 4. The van der Waals surface area contributed by atoms with Crippen LogP contribution in [0, 0.1) is 0 Å². The zero-order chi connectivity index (χ0) is 22.8. The van der Waals surface area contributed by atoms with Gasteiger partial charge in [0, 0.05) is 12.0 Å². The Balaban J connectivity index is 1.37. The van der Waals surface area contributed by atoms with Crippen molar-refractivity contribution in [2.45, 2.75) is 18.9 Å². The number of likely N-dealkylation sites (N-methyl/N-ethyl adjacent to an activating group) is 1. The summed E-state index contributed by atoms with van der Waals surface area (Å²) in [4.78, 5) is 14.6. The first-order valence-corrected chi connectivity index (χ1v) is 11.3. The van der Waals surface area contributed by atoms with Gasteiger partial charge in [0.15, 0.2) is 17.3 Å². The minimum absolute atomic E-state index is 0.00310. The second-order valence-electron chi connectivity index (χ2n) is 8.61. The molecule has 5 rings (SSSR count). The van der Waals surface area contributed by atoms with Gasteiger partial charge in [-0.3, -0.25) is 4.79 Å². The summed E-state index contributed by atoms with van der Waals surface area (Å²) < 4.78 is 17.0. The summed E-state index contributed by atoms with van der Waals surface area (Å²) in [7, 11) is 3.80. The lowest BCUT2D eigenvalue weighted by molar-refractivity contribution is -0.913. The zero-order valence-electron chi connectivity index (χ0n) is 19.0. The van der Waals surface area contributed by atoms with Gasteiger partial charge in [0.1, 0.15) is 6.04 Å². The van der Waals surface area contributed by atoms with Gasteiger partial charge in [-0.2, -0.15) is 0 Å². The highest BCUT2D eigenvalue weighted by Crippen LogP contribution is 2.47. The quantitative estimate of drug-likeness (QED) is 0.464. The third kappa shape index (κ3) is 4.24. The van der Waals surface area contributed by atoms with Crippen LogP contribution >= 0.6 is 0 Å². The second kappa shape index (κ2) is 9.12. The number of carbonyl (C=O) groups excluding carboxylic acids is 1. The van der Waals surface area contributed by atoms with Crippen molar-refractivity contribution >= 4 is 17.9 Å². The van der Waals surface area contributed by atoms with Crippen LogP contribution in [-0.2, 0) is 6.42 Å². The van der Waals surface area contributed by atoms with Gasteiger partial charge in [0.05, 0.1) is 32.7 Å². The van der Waals surface area contributed by atoms with Gasteiger partial charge in [-0.05, 0) is 22.8 Å².